The van der Waals surface area contributed by atoms with Gasteiger partial charge in [0.2, 0.25) is 0 Å². The molecule has 0 radical (unpaired) electrons. The Morgan fingerprint density at radius 2 is 2.11 bits per heavy atom. The van der Waals surface area contributed by atoms with Crippen LogP contribution in [0.3, 0.4) is 0 Å². The van der Waals surface area contributed by atoms with Gasteiger partial charge in [-0.15, -0.1) is 11.3 Å². The van der Waals surface area contributed by atoms with Crippen molar-refractivity contribution in [2.24, 2.45) is 4.99 Å². The molecule has 4 heteroatoms. The van der Waals surface area contributed by atoms with Crippen molar-refractivity contribution in [2.45, 2.75) is 46.1 Å². The van der Waals surface area contributed by atoms with E-state index < -0.39 is 0 Å². The molecule has 0 fully saturated rings. The molecule has 1 rings (SSSR count). The summed E-state index contributed by atoms with van der Waals surface area (Å²) in [5.74, 6) is 0.902. The molecule has 0 unspecified atom stereocenters. The van der Waals surface area contributed by atoms with Gasteiger partial charge in [-0.2, -0.15) is 0 Å². The first kappa shape index (κ1) is 15.0. The molecule has 1 aromatic rings. The maximum atomic E-state index is 4.23. The fourth-order valence-electron chi connectivity index (χ4n) is 1.73. The van der Waals surface area contributed by atoms with Crippen molar-refractivity contribution in [1.82, 2.24) is 10.6 Å². The first-order valence-corrected chi connectivity index (χ1v) is 7.63. The van der Waals surface area contributed by atoms with E-state index in [1.807, 2.05) is 7.05 Å². The van der Waals surface area contributed by atoms with Crippen molar-refractivity contribution in [3.05, 3.63) is 21.9 Å². The van der Waals surface area contributed by atoms with Crippen molar-refractivity contribution >= 4 is 17.3 Å². The Kier molecular flexibility index (Phi) is 7.49. The van der Waals surface area contributed by atoms with Crippen LogP contribution in [0.1, 0.15) is 43.0 Å². The Balaban J connectivity index is 2.20. The summed E-state index contributed by atoms with van der Waals surface area (Å²) in [6, 6.07) is 2.16. The molecule has 0 aliphatic rings. The maximum Gasteiger partial charge on any atom is 0.191 e. The molecule has 18 heavy (non-hydrogen) atoms. The standard InChI is InChI=1S/C14H25N3S/c1-4-5-6-7-9-16-14(15-3)17-11-13-12(2)8-10-18-13/h8,10H,4-7,9,11H2,1-3H3,(H2,15,16,17). The molecule has 3 nitrogen and oxygen atoms in total. The Labute approximate surface area is 115 Å². The fraction of sp³-hybridized carbons (Fsp3) is 0.643. The maximum absolute atomic E-state index is 4.23. The van der Waals surface area contributed by atoms with Gasteiger partial charge >= 0.3 is 0 Å². The normalized spacial score (nSPS) is 11.6. The highest BCUT2D eigenvalue weighted by atomic mass is 32.1. The molecule has 1 aromatic heterocycles. The molecule has 0 atom stereocenters. The zero-order valence-corrected chi connectivity index (χ0v) is 12.6. The van der Waals surface area contributed by atoms with Gasteiger partial charge in [-0.05, 0) is 30.4 Å². The summed E-state index contributed by atoms with van der Waals surface area (Å²) in [5.41, 5.74) is 1.35. The third-order valence-corrected chi connectivity index (χ3v) is 3.95. The summed E-state index contributed by atoms with van der Waals surface area (Å²) in [6.07, 6.45) is 5.11. The van der Waals surface area contributed by atoms with Crippen LogP contribution in [0.4, 0.5) is 0 Å². The molecule has 0 aliphatic carbocycles. The zero-order chi connectivity index (χ0) is 13.2. The van der Waals surface area contributed by atoms with E-state index >= 15 is 0 Å². The van der Waals surface area contributed by atoms with E-state index in [1.54, 1.807) is 11.3 Å². The molecule has 102 valence electrons. The van der Waals surface area contributed by atoms with Crippen molar-refractivity contribution in [3.63, 3.8) is 0 Å². The summed E-state index contributed by atoms with van der Waals surface area (Å²) >= 11 is 1.79. The number of guanidine groups is 1. The van der Waals surface area contributed by atoms with Gasteiger partial charge in [0.15, 0.2) is 5.96 Å². The summed E-state index contributed by atoms with van der Waals surface area (Å²) in [7, 11) is 1.82. The molecule has 0 amide bonds. The predicted molar refractivity (Wildman–Crippen MR) is 81.4 cm³/mol. The number of thiophene rings is 1. The van der Waals surface area contributed by atoms with Gasteiger partial charge in [0.05, 0.1) is 6.54 Å². The largest absolute Gasteiger partial charge is 0.356 e. The molecule has 0 aliphatic heterocycles. The van der Waals surface area contributed by atoms with E-state index in [0.29, 0.717) is 0 Å². The van der Waals surface area contributed by atoms with E-state index in [0.717, 1.165) is 19.0 Å². The first-order chi connectivity index (χ1) is 8.77. The number of rotatable bonds is 7. The average Bonchev–Trinajstić information content (AvgIpc) is 2.78. The van der Waals surface area contributed by atoms with Crippen LogP contribution in [0.2, 0.25) is 0 Å². The molecule has 0 bridgehead atoms. The summed E-state index contributed by atoms with van der Waals surface area (Å²) in [5, 5.41) is 8.84. The Morgan fingerprint density at radius 1 is 1.28 bits per heavy atom. The van der Waals surface area contributed by atoms with E-state index in [9.17, 15) is 0 Å². The highest BCUT2D eigenvalue weighted by Crippen LogP contribution is 2.14. The van der Waals surface area contributed by atoms with E-state index in [2.05, 4.69) is 40.9 Å². The number of hydrogen-bond donors (Lipinski definition) is 2. The predicted octanol–water partition coefficient (Wildman–Crippen LogP) is 3.30. The lowest BCUT2D eigenvalue weighted by molar-refractivity contribution is 0.647. The lowest BCUT2D eigenvalue weighted by Crippen LogP contribution is -2.37. The van der Waals surface area contributed by atoms with E-state index in [-0.39, 0.29) is 0 Å². The summed E-state index contributed by atoms with van der Waals surface area (Å²) in [4.78, 5) is 5.61. The lowest BCUT2D eigenvalue weighted by Gasteiger charge is -2.11. The lowest BCUT2D eigenvalue weighted by atomic mass is 10.2. The monoisotopic (exact) mass is 267 g/mol. The molecule has 0 saturated carbocycles. The molecule has 1 heterocycles. The van der Waals surface area contributed by atoms with Crippen LogP contribution in [0, 0.1) is 6.92 Å². The SMILES string of the molecule is CCCCCCNC(=NC)NCc1sccc1C. The van der Waals surface area contributed by atoms with Crippen LogP contribution in [0.5, 0.6) is 0 Å². The van der Waals surface area contributed by atoms with Gasteiger partial charge in [-0.1, -0.05) is 26.2 Å². The van der Waals surface area contributed by atoms with Gasteiger partial charge in [-0.25, -0.2) is 0 Å². The average molecular weight is 267 g/mol. The van der Waals surface area contributed by atoms with Crippen molar-refractivity contribution in [2.75, 3.05) is 13.6 Å². The van der Waals surface area contributed by atoms with Crippen LogP contribution in [-0.4, -0.2) is 19.6 Å². The van der Waals surface area contributed by atoms with Crippen LogP contribution in [-0.2, 0) is 6.54 Å². The van der Waals surface area contributed by atoms with E-state index in [1.165, 1.54) is 36.1 Å². The second-order valence-electron chi connectivity index (χ2n) is 4.44. The van der Waals surface area contributed by atoms with Crippen LogP contribution < -0.4 is 10.6 Å². The number of aryl methyl sites for hydroxylation is 1. The second kappa shape index (κ2) is 8.97. The van der Waals surface area contributed by atoms with Crippen molar-refractivity contribution in [3.8, 4) is 0 Å². The molecule has 2 N–H and O–H groups in total. The van der Waals surface area contributed by atoms with Gasteiger partial charge in [0.25, 0.3) is 0 Å². The van der Waals surface area contributed by atoms with Gasteiger partial charge in [0, 0.05) is 18.5 Å². The fourth-order valence-corrected chi connectivity index (χ4v) is 2.57. The number of unbranched alkanes of at least 4 members (excludes halogenated alkanes) is 3. The quantitative estimate of drug-likeness (QED) is 0.452. The number of hydrogen-bond acceptors (Lipinski definition) is 2. The minimum absolute atomic E-state index is 0.859. The Morgan fingerprint density at radius 3 is 2.72 bits per heavy atom. The van der Waals surface area contributed by atoms with Crippen LogP contribution in [0.25, 0.3) is 0 Å². The van der Waals surface area contributed by atoms with Crippen molar-refractivity contribution in [1.29, 1.82) is 0 Å². The molecule has 0 aromatic carbocycles. The van der Waals surface area contributed by atoms with Crippen molar-refractivity contribution < 1.29 is 0 Å². The zero-order valence-electron chi connectivity index (χ0n) is 11.8. The molecular weight excluding hydrogens is 242 g/mol. The molecular formula is C14H25N3S. The first-order valence-electron chi connectivity index (χ1n) is 6.75. The highest BCUT2D eigenvalue weighted by molar-refractivity contribution is 7.10. The Hall–Kier alpha value is -1.03. The third kappa shape index (κ3) is 5.54. The number of nitrogens with one attached hydrogen (secondary N) is 2. The minimum atomic E-state index is 0.859. The van der Waals surface area contributed by atoms with Gasteiger partial charge in [-0.3, -0.25) is 4.99 Å². The van der Waals surface area contributed by atoms with Crippen LogP contribution >= 0.6 is 11.3 Å². The Bertz CT molecular complexity index is 358. The molecule has 0 saturated heterocycles. The topological polar surface area (TPSA) is 36.4 Å². The highest BCUT2D eigenvalue weighted by Gasteiger charge is 2.01. The van der Waals surface area contributed by atoms with Gasteiger partial charge in [0.1, 0.15) is 0 Å². The van der Waals surface area contributed by atoms with E-state index in [4.69, 9.17) is 0 Å². The number of aliphatic imine (C=N–C) groups is 1. The minimum Gasteiger partial charge on any atom is -0.356 e. The summed E-state index contributed by atoms with van der Waals surface area (Å²) < 4.78 is 0. The molecule has 0 spiro atoms. The number of nitrogens with zero attached hydrogens (tertiary/aromatic N) is 1. The smallest absolute Gasteiger partial charge is 0.191 e. The third-order valence-electron chi connectivity index (χ3n) is 2.93. The van der Waals surface area contributed by atoms with Gasteiger partial charge < -0.3 is 10.6 Å². The summed E-state index contributed by atoms with van der Waals surface area (Å²) in [6.45, 7) is 6.24. The van der Waals surface area contributed by atoms with Crippen LogP contribution in [0.15, 0.2) is 16.4 Å². The second-order valence-corrected chi connectivity index (χ2v) is 5.44.